The molecule has 1 N–H and O–H groups in total. The standard InChI is InChI=1S/C19H16BrN3O/c20-17-10-8-15(9-11-17)14-24-18-6-2-1-5-16(18)13-22-23-19-7-3-4-12-21-19/h1-13H,14H2,(H,21,23). The van der Waals surface area contributed by atoms with E-state index in [4.69, 9.17) is 4.74 Å². The summed E-state index contributed by atoms with van der Waals surface area (Å²) in [4.78, 5) is 4.16. The lowest BCUT2D eigenvalue weighted by Crippen LogP contribution is -1.99. The number of hydrogen-bond acceptors (Lipinski definition) is 4. The minimum absolute atomic E-state index is 0.506. The molecule has 4 nitrogen and oxygen atoms in total. The van der Waals surface area contributed by atoms with Crippen LogP contribution in [0, 0.1) is 0 Å². The lowest BCUT2D eigenvalue weighted by molar-refractivity contribution is 0.306. The fourth-order valence-electron chi connectivity index (χ4n) is 2.06. The van der Waals surface area contributed by atoms with E-state index >= 15 is 0 Å². The van der Waals surface area contributed by atoms with Crippen molar-refractivity contribution < 1.29 is 4.74 Å². The van der Waals surface area contributed by atoms with Gasteiger partial charge in [0.1, 0.15) is 18.2 Å². The van der Waals surface area contributed by atoms with Gasteiger partial charge in [-0.15, -0.1) is 0 Å². The summed E-state index contributed by atoms with van der Waals surface area (Å²) in [6, 6.07) is 21.5. The van der Waals surface area contributed by atoms with Gasteiger partial charge in [0.05, 0.1) is 6.21 Å². The maximum Gasteiger partial charge on any atom is 0.146 e. The molecule has 0 bridgehead atoms. The molecule has 1 heterocycles. The van der Waals surface area contributed by atoms with Crippen LogP contribution in [-0.2, 0) is 6.61 Å². The van der Waals surface area contributed by atoms with E-state index in [9.17, 15) is 0 Å². The van der Waals surface area contributed by atoms with E-state index < -0.39 is 0 Å². The van der Waals surface area contributed by atoms with Crippen molar-refractivity contribution in [3.63, 3.8) is 0 Å². The average molecular weight is 382 g/mol. The van der Waals surface area contributed by atoms with Crippen LogP contribution in [0.25, 0.3) is 0 Å². The van der Waals surface area contributed by atoms with Crippen LogP contribution in [0.5, 0.6) is 5.75 Å². The van der Waals surface area contributed by atoms with Crippen LogP contribution >= 0.6 is 15.9 Å². The number of anilines is 1. The van der Waals surface area contributed by atoms with Crippen LogP contribution in [0.15, 0.2) is 82.5 Å². The molecule has 0 unspecified atom stereocenters. The first-order valence-corrected chi connectivity index (χ1v) is 8.27. The molecule has 0 atom stereocenters. The molecule has 0 saturated heterocycles. The predicted octanol–water partition coefficient (Wildman–Crippen LogP) is 4.87. The molecule has 24 heavy (non-hydrogen) atoms. The summed E-state index contributed by atoms with van der Waals surface area (Å²) in [5.74, 6) is 1.48. The molecule has 0 aliphatic heterocycles. The highest BCUT2D eigenvalue weighted by Crippen LogP contribution is 2.18. The van der Waals surface area contributed by atoms with Gasteiger partial charge in [-0.25, -0.2) is 4.98 Å². The third-order valence-electron chi connectivity index (χ3n) is 3.27. The van der Waals surface area contributed by atoms with E-state index in [-0.39, 0.29) is 0 Å². The van der Waals surface area contributed by atoms with E-state index in [0.717, 1.165) is 21.3 Å². The van der Waals surface area contributed by atoms with Crippen LogP contribution in [0.3, 0.4) is 0 Å². The minimum atomic E-state index is 0.506. The van der Waals surface area contributed by atoms with Gasteiger partial charge in [0, 0.05) is 16.2 Å². The zero-order valence-corrected chi connectivity index (χ0v) is 14.5. The van der Waals surface area contributed by atoms with Crippen LogP contribution in [0.2, 0.25) is 0 Å². The Kier molecular flexibility index (Phi) is 5.58. The monoisotopic (exact) mass is 381 g/mol. The lowest BCUT2D eigenvalue weighted by atomic mass is 10.2. The van der Waals surface area contributed by atoms with E-state index in [1.807, 2.05) is 66.7 Å². The van der Waals surface area contributed by atoms with Crippen molar-refractivity contribution in [2.45, 2.75) is 6.61 Å². The fourth-order valence-corrected chi connectivity index (χ4v) is 2.32. The Bertz CT molecular complexity index is 804. The molecule has 0 aliphatic rings. The summed E-state index contributed by atoms with van der Waals surface area (Å²) in [6.07, 6.45) is 3.44. The molecule has 2 aromatic carbocycles. The number of nitrogens with one attached hydrogen (secondary N) is 1. The average Bonchev–Trinajstić information content (AvgIpc) is 2.63. The zero-order chi connectivity index (χ0) is 16.6. The number of ether oxygens (including phenoxy) is 1. The Labute approximate surface area is 149 Å². The van der Waals surface area contributed by atoms with Crippen molar-refractivity contribution in [3.8, 4) is 5.75 Å². The molecule has 0 fully saturated rings. The fraction of sp³-hybridized carbons (Fsp3) is 0.0526. The highest BCUT2D eigenvalue weighted by molar-refractivity contribution is 9.10. The van der Waals surface area contributed by atoms with Crippen molar-refractivity contribution in [1.29, 1.82) is 0 Å². The summed E-state index contributed by atoms with van der Waals surface area (Å²) in [5, 5.41) is 4.22. The lowest BCUT2D eigenvalue weighted by Gasteiger charge is -2.09. The quantitative estimate of drug-likeness (QED) is 0.489. The van der Waals surface area contributed by atoms with E-state index in [1.165, 1.54) is 0 Å². The van der Waals surface area contributed by atoms with Gasteiger partial charge in [0.15, 0.2) is 0 Å². The molecule has 0 spiro atoms. The normalized spacial score (nSPS) is 10.7. The van der Waals surface area contributed by atoms with Gasteiger partial charge in [-0.2, -0.15) is 5.10 Å². The van der Waals surface area contributed by atoms with Gasteiger partial charge < -0.3 is 4.74 Å². The Balaban J connectivity index is 1.65. The number of benzene rings is 2. The second kappa shape index (κ2) is 8.26. The molecule has 0 radical (unpaired) electrons. The largest absolute Gasteiger partial charge is 0.488 e. The Morgan fingerprint density at radius 2 is 1.79 bits per heavy atom. The molecule has 3 rings (SSSR count). The van der Waals surface area contributed by atoms with Gasteiger partial charge in [-0.3, -0.25) is 5.43 Å². The minimum Gasteiger partial charge on any atom is -0.488 e. The van der Waals surface area contributed by atoms with Crippen molar-refractivity contribution in [3.05, 3.63) is 88.5 Å². The summed E-state index contributed by atoms with van der Waals surface area (Å²) in [5.41, 5.74) is 4.91. The molecular formula is C19H16BrN3O. The van der Waals surface area contributed by atoms with Crippen LogP contribution < -0.4 is 10.2 Å². The summed E-state index contributed by atoms with van der Waals surface area (Å²) in [7, 11) is 0. The Morgan fingerprint density at radius 1 is 1.00 bits per heavy atom. The van der Waals surface area contributed by atoms with Crippen molar-refractivity contribution in [2.75, 3.05) is 5.43 Å². The number of hydrogen-bond donors (Lipinski definition) is 1. The van der Waals surface area contributed by atoms with Crippen molar-refractivity contribution in [2.24, 2.45) is 5.10 Å². The van der Waals surface area contributed by atoms with E-state index in [0.29, 0.717) is 12.4 Å². The number of halogens is 1. The van der Waals surface area contributed by atoms with Crippen LogP contribution in [-0.4, -0.2) is 11.2 Å². The number of pyridine rings is 1. The maximum atomic E-state index is 5.92. The molecule has 0 aliphatic carbocycles. The Hall–Kier alpha value is -2.66. The Morgan fingerprint density at radius 3 is 2.58 bits per heavy atom. The summed E-state index contributed by atoms with van der Waals surface area (Å²) < 4.78 is 6.97. The molecule has 120 valence electrons. The summed E-state index contributed by atoms with van der Waals surface area (Å²) >= 11 is 3.43. The van der Waals surface area contributed by atoms with E-state index in [2.05, 4.69) is 31.4 Å². The van der Waals surface area contributed by atoms with Crippen molar-refractivity contribution >= 4 is 28.0 Å². The molecule has 0 saturated carbocycles. The smallest absolute Gasteiger partial charge is 0.146 e. The van der Waals surface area contributed by atoms with Gasteiger partial charge >= 0.3 is 0 Å². The number of rotatable bonds is 6. The third-order valence-corrected chi connectivity index (χ3v) is 3.80. The molecule has 5 heteroatoms. The first-order chi connectivity index (χ1) is 11.8. The molecule has 3 aromatic rings. The highest BCUT2D eigenvalue weighted by Gasteiger charge is 2.01. The topological polar surface area (TPSA) is 46.5 Å². The SMILES string of the molecule is Brc1ccc(COc2ccccc2C=NNc2ccccn2)cc1. The number of nitrogens with zero attached hydrogens (tertiary/aromatic N) is 2. The second-order valence-electron chi connectivity index (χ2n) is 5.04. The second-order valence-corrected chi connectivity index (χ2v) is 5.95. The predicted molar refractivity (Wildman–Crippen MR) is 100 cm³/mol. The van der Waals surface area contributed by atoms with Crippen LogP contribution in [0.4, 0.5) is 5.82 Å². The van der Waals surface area contributed by atoms with E-state index in [1.54, 1.807) is 12.4 Å². The van der Waals surface area contributed by atoms with Crippen LogP contribution in [0.1, 0.15) is 11.1 Å². The highest BCUT2D eigenvalue weighted by atomic mass is 79.9. The number of para-hydroxylation sites is 1. The van der Waals surface area contributed by atoms with Gasteiger partial charge in [0.2, 0.25) is 0 Å². The van der Waals surface area contributed by atoms with Gasteiger partial charge in [0.25, 0.3) is 0 Å². The number of hydrazone groups is 1. The van der Waals surface area contributed by atoms with Gasteiger partial charge in [-0.1, -0.05) is 46.3 Å². The first kappa shape index (κ1) is 16.2. The summed E-state index contributed by atoms with van der Waals surface area (Å²) in [6.45, 7) is 0.506. The third kappa shape index (κ3) is 4.67. The molecule has 0 amide bonds. The van der Waals surface area contributed by atoms with Gasteiger partial charge in [-0.05, 0) is 42.0 Å². The maximum absolute atomic E-state index is 5.92. The van der Waals surface area contributed by atoms with Crippen molar-refractivity contribution in [1.82, 2.24) is 4.98 Å². The first-order valence-electron chi connectivity index (χ1n) is 7.48. The zero-order valence-electron chi connectivity index (χ0n) is 12.9. The molecular weight excluding hydrogens is 366 g/mol. The molecule has 1 aromatic heterocycles. The number of aromatic nitrogens is 1.